The highest BCUT2D eigenvalue weighted by Gasteiger charge is 2.17. The first kappa shape index (κ1) is 17.3. The molecule has 3 aromatic rings. The second kappa shape index (κ2) is 7.23. The number of amides is 1. The number of aromatic nitrogens is 3. The van der Waals surface area contributed by atoms with E-state index in [-0.39, 0.29) is 5.91 Å². The Labute approximate surface area is 158 Å². The van der Waals surface area contributed by atoms with Crippen molar-refractivity contribution in [2.75, 3.05) is 12.4 Å². The zero-order valence-electron chi connectivity index (χ0n) is 15.5. The molecular weight excluding hydrogens is 340 g/mol. The SMILES string of the molecule is COc1ccc(C(=O)Nc2cccc(-c3nnc4n3CCCC4)c2)c(C)c1. The van der Waals surface area contributed by atoms with Crippen LogP contribution in [0.5, 0.6) is 5.75 Å². The number of fused-ring (bicyclic) bond motifs is 1. The molecule has 0 spiro atoms. The van der Waals surface area contributed by atoms with Crippen molar-refractivity contribution in [2.45, 2.75) is 32.7 Å². The molecule has 4 rings (SSSR count). The van der Waals surface area contributed by atoms with Crippen molar-refractivity contribution in [2.24, 2.45) is 0 Å². The Kier molecular flexibility index (Phi) is 4.62. The number of aryl methyl sites for hydroxylation is 2. The molecule has 138 valence electrons. The summed E-state index contributed by atoms with van der Waals surface area (Å²) in [5.41, 5.74) is 3.19. The van der Waals surface area contributed by atoms with Gasteiger partial charge in [0.15, 0.2) is 5.82 Å². The number of methoxy groups -OCH3 is 1. The highest BCUT2D eigenvalue weighted by molar-refractivity contribution is 6.05. The first-order chi connectivity index (χ1) is 13.2. The molecule has 6 heteroatoms. The van der Waals surface area contributed by atoms with Gasteiger partial charge in [-0.2, -0.15) is 0 Å². The quantitative estimate of drug-likeness (QED) is 0.765. The largest absolute Gasteiger partial charge is 0.497 e. The van der Waals surface area contributed by atoms with Crippen LogP contribution in [0.25, 0.3) is 11.4 Å². The van der Waals surface area contributed by atoms with E-state index >= 15 is 0 Å². The van der Waals surface area contributed by atoms with Crippen molar-refractivity contribution in [1.82, 2.24) is 14.8 Å². The van der Waals surface area contributed by atoms with Crippen LogP contribution in [0.3, 0.4) is 0 Å². The highest BCUT2D eigenvalue weighted by atomic mass is 16.5. The van der Waals surface area contributed by atoms with Gasteiger partial charge >= 0.3 is 0 Å². The van der Waals surface area contributed by atoms with Crippen molar-refractivity contribution in [3.8, 4) is 17.1 Å². The van der Waals surface area contributed by atoms with E-state index in [1.165, 1.54) is 0 Å². The Morgan fingerprint density at radius 1 is 1.15 bits per heavy atom. The predicted molar refractivity (Wildman–Crippen MR) is 104 cm³/mol. The number of carbonyl (C=O) groups excluding carboxylic acids is 1. The minimum atomic E-state index is -0.143. The third-order valence-corrected chi connectivity index (χ3v) is 4.92. The van der Waals surface area contributed by atoms with E-state index < -0.39 is 0 Å². The zero-order chi connectivity index (χ0) is 18.8. The summed E-state index contributed by atoms with van der Waals surface area (Å²) in [4.78, 5) is 12.7. The molecule has 0 radical (unpaired) electrons. The molecule has 1 amide bonds. The standard InChI is InChI=1S/C21H22N4O2/c1-14-12-17(27-2)9-10-18(14)21(26)22-16-7-5-6-15(13-16)20-24-23-19-8-3-4-11-25(19)20/h5-7,9-10,12-13H,3-4,8,11H2,1-2H3,(H,22,26). The normalized spacial score (nSPS) is 13.1. The van der Waals surface area contributed by atoms with Crippen molar-refractivity contribution >= 4 is 11.6 Å². The molecule has 0 unspecified atom stereocenters. The third kappa shape index (κ3) is 3.43. The molecule has 27 heavy (non-hydrogen) atoms. The molecule has 1 aliphatic rings. The molecule has 0 saturated carbocycles. The number of nitrogens with one attached hydrogen (secondary N) is 1. The summed E-state index contributed by atoms with van der Waals surface area (Å²) < 4.78 is 7.38. The minimum absolute atomic E-state index is 0.143. The summed E-state index contributed by atoms with van der Waals surface area (Å²) in [6.07, 6.45) is 3.28. The first-order valence-corrected chi connectivity index (χ1v) is 9.14. The summed E-state index contributed by atoms with van der Waals surface area (Å²) in [7, 11) is 1.61. The van der Waals surface area contributed by atoms with Crippen LogP contribution in [0.1, 0.15) is 34.6 Å². The van der Waals surface area contributed by atoms with Crippen molar-refractivity contribution in [3.05, 3.63) is 59.4 Å². The van der Waals surface area contributed by atoms with Crippen LogP contribution in [-0.2, 0) is 13.0 Å². The zero-order valence-corrected chi connectivity index (χ0v) is 15.5. The van der Waals surface area contributed by atoms with Gasteiger partial charge in [0.25, 0.3) is 5.91 Å². The monoisotopic (exact) mass is 362 g/mol. The second-order valence-corrected chi connectivity index (χ2v) is 6.76. The molecule has 1 aromatic heterocycles. The maximum atomic E-state index is 12.7. The smallest absolute Gasteiger partial charge is 0.255 e. The summed E-state index contributed by atoms with van der Waals surface area (Å²) in [6.45, 7) is 2.84. The topological polar surface area (TPSA) is 69.0 Å². The number of nitrogens with zero attached hydrogens (tertiary/aromatic N) is 3. The van der Waals surface area contributed by atoms with Gasteiger partial charge in [0.1, 0.15) is 11.6 Å². The maximum Gasteiger partial charge on any atom is 0.255 e. The Balaban J connectivity index is 1.58. The molecule has 0 aliphatic carbocycles. The Morgan fingerprint density at radius 3 is 2.85 bits per heavy atom. The van der Waals surface area contributed by atoms with Gasteiger partial charge in [-0.15, -0.1) is 10.2 Å². The molecule has 1 N–H and O–H groups in total. The van der Waals surface area contributed by atoms with Gasteiger partial charge in [-0.3, -0.25) is 4.79 Å². The number of anilines is 1. The van der Waals surface area contributed by atoms with Crippen molar-refractivity contribution in [1.29, 1.82) is 0 Å². The summed E-state index contributed by atoms with van der Waals surface area (Å²) in [5, 5.41) is 11.7. The van der Waals surface area contributed by atoms with E-state index in [4.69, 9.17) is 4.74 Å². The van der Waals surface area contributed by atoms with Gasteiger partial charge in [-0.25, -0.2) is 0 Å². The number of benzene rings is 2. The first-order valence-electron chi connectivity index (χ1n) is 9.14. The lowest BCUT2D eigenvalue weighted by Gasteiger charge is -2.15. The molecule has 1 aliphatic heterocycles. The minimum Gasteiger partial charge on any atom is -0.497 e. The van der Waals surface area contributed by atoms with E-state index in [0.29, 0.717) is 5.56 Å². The lowest BCUT2D eigenvalue weighted by Crippen LogP contribution is -2.14. The van der Waals surface area contributed by atoms with Crippen LogP contribution >= 0.6 is 0 Å². The van der Waals surface area contributed by atoms with Crippen LogP contribution in [-0.4, -0.2) is 27.8 Å². The van der Waals surface area contributed by atoms with Crippen LogP contribution in [0.2, 0.25) is 0 Å². The van der Waals surface area contributed by atoms with Gasteiger partial charge in [0.2, 0.25) is 0 Å². The van der Waals surface area contributed by atoms with Gasteiger partial charge in [-0.1, -0.05) is 12.1 Å². The highest BCUT2D eigenvalue weighted by Crippen LogP contribution is 2.25. The number of ether oxygens (including phenoxy) is 1. The molecule has 0 bridgehead atoms. The van der Waals surface area contributed by atoms with Gasteiger partial charge in [0, 0.05) is 29.8 Å². The van der Waals surface area contributed by atoms with Crippen LogP contribution in [0.4, 0.5) is 5.69 Å². The van der Waals surface area contributed by atoms with Crippen molar-refractivity contribution in [3.63, 3.8) is 0 Å². The van der Waals surface area contributed by atoms with E-state index in [0.717, 1.165) is 60.0 Å². The van der Waals surface area contributed by atoms with E-state index in [1.807, 2.05) is 37.3 Å². The predicted octanol–water partition coefficient (Wildman–Crippen LogP) is 3.85. The Morgan fingerprint density at radius 2 is 2.04 bits per heavy atom. The average molecular weight is 362 g/mol. The summed E-state index contributed by atoms with van der Waals surface area (Å²) in [6, 6.07) is 13.2. The third-order valence-electron chi connectivity index (χ3n) is 4.92. The van der Waals surface area contributed by atoms with Crippen LogP contribution in [0.15, 0.2) is 42.5 Å². The van der Waals surface area contributed by atoms with Gasteiger partial charge in [-0.05, 0) is 55.7 Å². The molecule has 0 saturated heterocycles. The molecule has 0 fully saturated rings. The number of rotatable bonds is 4. The molecule has 2 aromatic carbocycles. The number of hydrogen-bond acceptors (Lipinski definition) is 4. The fourth-order valence-corrected chi connectivity index (χ4v) is 3.47. The van der Waals surface area contributed by atoms with Gasteiger partial charge in [0.05, 0.1) is 7.11 Å². The Bertz CT molecular complexity index is 994. The second-order valence-electron chi connectivity index (χ2n) is 6.76. The summed E-state index contributed by atoms with van der Waals surface area (Å²) in [5.74, 6) is 2.50. The number of carbonyl (C=O) groups is 1. The number of hydrogen-bond donors (Lipinski definition) is 1. The average Bonchev–Trinajstić information content (AvgIpc) is 3.12. The van der Waals surface area contributed by atoms with E-state index in [9.17, 15) is 4.79 Å². The van der Waals surface area contributed by atoms with Crippen LogP contribution in [0, 0.1) is 6.92 Å². The van der Waals surface area contributed by atoms with E-state index in [1.54, 1.807) is 19.2 Å². The lowest BCUT2D eigenvalue weighted by atomic mass is 10.1. The fraction of sp³-hybridized carbons (Fsp3) is 0.286. The lowest BCUT2D eigenvalue weighted by molar-refractivity contribution is 0.102. The molecule has 6 nitrogen and oxygen atoms in total. The Hall–Kier alpha value is -3.15. The fourth-order valence-electron chi connectivity index (χ4n) is 3.47. The van der Waals surface area contributed by atoms with Crippen LogP contribution < -0.4 is 10.1 Å². The maximum absolute atomic E-state index is 12.7. The van der Waals surface area contributed by atoms with Gasteiger partial charge < -0.3 is 14.6 Å². The molecule has 2 heterocycles. The van der Waals surface area contributed by atoms with E-state index in [2.05, 4.69) is 20.1 Å². The summed E-state index contributed by atoms with van der Waals surface area (Å²) >= 11 is 0. The molecule has 0 atom stereocenters. The van der Waals surface area contributed by atoms with Crippen molar-refractivity contribution < 1.29 is 9.53 Å². The molecular formula is C21H22N4O2.